The van der Waals surface area contributed by atoms with Crippen LogP contribution in [-0.2, 0) is 14.3 Å². The Balaban J connectivity index is 3.87. The van der Waals surface area contributed by atoms with E-state index in [1.54, 1.807) is 0 Å². The highest BCUT2D eigenvalue weighted by molar-refractivity contribution is 6.32. The van der Waals surface area contributed by atoms with Crippen LogP contribution in [0, 0.1) is 0 Å². The molecule has 6 heteroatoms. The van der Waals surface area contributed by atoms with Gasteiger partial charge in [0.15, 0.2) is 0 Å². The highest BCUT2D eigenvalue weighted by Gasteiger charge is 2.17. The summed E-state index contributed by atoms with van der Waals surface area (Å²) in [6.45, 7) is 4.92. The fourth-order valence-electron chi connectivity index (χ4n) is 0.794. The Bertz CT molecular complexity index is 274. The quantitative estimate of drug-likeness (QED) is 0.492. The maximum Gasteiger partial charge on any atom is 0.407 e. The van der Waals surface area contributed by atoms with Crippen molar-refractivity contribution >= 4 is 17.8 Å². The molecule has 2 N–H and O–H groups in total. The van der Waals surface area contributed by atoms with Crippen molar-refractivity contribution < 1.29 is 24.2 Å². The first kappa shape index (κ1) is 13.2. The van der Waals surface area contributed by atoms with Gasteiger partial charge in [-0.1, -0.05) is 12.7 Å². The molecule has 6 nitrogen and oxygen atoms in total. The van der Waals surface area contributed by atoms with Crippen LogP contribution >= 0.6 is 0 Å². The largest absolute Gasteiger partial charge is 0.476 e. The molecule has 0 fully saturated rings. The SMILES string of the molecule is C=CCOC(=O)N[C@@H](C)CC(=O)C(=O)O. The lowest BCUT2D eigenvalue weighted by molar-refractivity contribution is -0.149. The summed E-state index contributed by atoms with van der Waals surface area (Å²) in [4.78, 5) is 31.9. The number of rotatable bonds is 6. The molecule has 0 aromatic heterocycles. The molecular weight excluding hydrogens is 202 g/mol. The number of alkyl carbamates (subject to hydrolysis) is 1. The van der Waals surface area contributed by atoms with E-state index < -0.39 is 23.9 Å². The third-order valence-electron chi connectivity index (χ3n) is 1.43. The van der Waals surface area contributed by atoms with Gasteiger partial charge in [-0.3, -0.25) is 4.79 Å². The van der Waals surface area contributed by atoms with E-state index in [0.717, 1.165) is 0 Å². The zero-order chi connectivity index (χ0) is 11.8. The van der Waals surface area contributed by atoms with Crippen molar-refractivity contribution in [1.29, 1.82) is 0 Å². The van der Waals surface area contributed by atoms with Gasteiger partial charge in [0.25, 0.3) is 0 Å². The number of carboxylic acid groups (broad SMARTS) is 1. The van der Waals surface area contributed by atoms with Crippen LogP contribution in [0.25, 0.3) is 0 Å². The molecule has 0 rings (SSSR count). The van der Waals surface area contributed by atoms with Gasteiger partial charge in [-0.05, 0) is 6.92 Å². The first-order valence-electron chi connectivity index (χ1n) is 4.27. The Hall–Kier alpha value is -1.85. The normalized spacial score (nSPS) is 11.3. The molecule has 0 saturated carbocycles. The van der Waals surface area contributed by atoms with Gasteiger partial charge in [-0.2, -0.15) is 0 Å². The Morgan fingerprint density at radius 2 is 2.13 bits per heavy atom. The minimum Gasteiger partial charge on any atom is -0.476 e. The standard InChI is InChI=1S/C9H13NO5/c1-3-4-15-9(14)10-6(2)5-7(11)8(12)13/h3,6H,1,4-5H2,2H3,(H,10,14)(H,12,13)/t6-/m0/s1. The van der Waals surface area contributed by atoms with Gasteiger partial charge in [0.05, 0.1) is 0 Å². The zero-order valence-electron chi connectivity index (χ0n) is 8.36. The van der Waals surface area contributed by atoms with Crippen LogP contribution < -0.4 is 5.32 Å². The van der Waals surface area contributed by atoms with Crippen LogP contribution in [0.1, 0.15) is 13.3 Å². The van der Waals surface area contributed by atoms with E-state index in [9.17, 15) is 14.4 Å². The van der Waals surface area contributed by atoms with E-state index >= 15 is 0 Å². The lowest BCUT2D eigenvalue weighted by Crippen LogP contribution is -2.35. The molecular formula is C9H13NO5. The smallest absolute Gasteiger partial charge is 0.407 e. The van der Waals surface area contributed by atoms with Crippen LogP contribution in [0.5, 0.6) is 0 Å². The van der Waals surface area contributed by atoms with E-state index in [1.807, 2.05) is 0 Å². The molecule has 0 aliphatic rings. The third kappa shape index (κ3) is 6.25. The highest BCUT2D eigenvalue weighted by Crippen LogP contribution is 1.93. The number of ether oxygens (including phenoxy) is 1. The van der Waals surface area contributed by atoms with Crippen LogP contribution in [0.4, 0.5) is 4.79 Å². The average molecular weight is 215 g/mol. The monoisotopic (exact) mass is 215 g/mol. The van der Waals surface area contributed by atoms with Crippen molar-refractivity contribution in [1.82, 2.24) is 5.32 Å². The predicted octanol–water partition coefficient (Wildman–Crippen LogP) is 0.331. The lowest BCUT2D eigenvalue weighted by atomic mass is 10.2. The molecule has 0 bridgehead atoms. The first-order chi connectivity index (χ1) is 6.97. The molecule has 0 aromatic rings. The first-order valence-corrected chi connectivity index (χ1v) is 4.27. The van der Waals surface area contributed by atoms with Crippen LogP contribution in [-0.4, -0.2) is 35.6 Å². The number of Topliss-reactive ketones (excluding diaryl/α,β-unsaturated/α-hetero) is 1. The van der Waals surface area contributed by atoms with Crippen LogP contribution in [0.15, 0.2) is 12.7 Å². The van der Waals surface area contributed by atoms with Crippen molar-refractivity contribution in [2.45, 2.75) is 19.4 Å². The van der Waals surface area contributed by atoms with Crippen molar-refractivity contribution in [3.63, 3.8) is 0 Å². The van der Waals surface area contributed by atoms with Crippen molar-refractivity contribution in [3.8, 4) is 0 Å². The number of aliphatic carboxylic acids is 1. The van der Waals surface area contributed by atoms with E-state index in [2.05, 4.69) is 16.6 Å². The predicted molar refractivity (Wildman–Crippen MR) is 51.4 cm³/mol. The van der Waals surface area contributed by atoms with Crippen molar-refractivity contribution in [2.75, 3.05) is 6.61 Å². The molecule has 0 spiro atoms. The van der Waals surface area contributed by atoms with Gasteiger partial charge in [0.1, 0.15) is 6.61 Å². The molecule has 0 aromatic carbocycles. The number of carboxylic acids is 1. The molecule has 0 saturated heterocycles. The summed E-state index contributed by atoms with van der Waals surface area (Å²) in [6.07, 6.45) is 0.422. The zero-order valence-corrected chi connectivity index (χ0v) is 8.36. The molecule has 1 amide bonds. The summed E-state index contributed by atoms with van der Waals surface area (Å²) in [5, 5.41) is 10.6. The summed E-state index contributed by atoms with van der Waals surface area (Å²) in [5.41, 5.74) is 0. The fraction of sp³-hybridized carbons (Fsp3) is 0.444. The molecule has 84 valence electrons. The number of amides is 1. The number of hydrogen-bond acceptors (Lipinski definition) is 4. The number of carbonyl (C=O) groups is 3. The molecule has 0 radical (unpaired) electrons. The fourth-order valence-corrected chi connectivity index (χ4v) is 0.794. The summed E-state index contributed by atoms with van der Waals surface area (Å²) in [7, 11) is 0. The van der Waals surface area contributed by atoms with Gasteiger partial charge in [0, 0.05) is 12.5 Å². The third-order valence-corrected chi connectivity index (χ3v) is 1.43. The molecule has 1 atom stereocenters. The molecule has 0 aliphatic heterocycles. The maximum atomic E-state index is 10.9. The Morgan fingerprint density at radius 3 is 2.60 bits per heavy atom. The minimum absolute atomic E-state index is 0.0609. The van der Waals surface area contributed by atoms with Crippen LogP contribution in [0.2, 0.25) is 0 Å². The van der Waals surface area contributed by atoms with Gasteiger partial charge in [-0.25, -0.2) is 9.59 Å². The minimum atomic E-state index is -1.51. The Morgan fingerprint density at radius 1 is 1.53 bits per heavy atom. The van der Waals surface area contributed by atoms with Gasteiger partial charge in [0.2, 0.25) is 5.78 Å². The van der Waals surface area contributed by atoms with Gasteiger partial charge >= 0.3 is 12.1 Å². The summed E-state index contributed by atoms with van der Waals surface area (Å²) >= 11 is 0. The number of hydrogen-bond donors (Lipinski definition) is 2. The second kappa shape index (κ2) is 6.58. The second-order valence-corrected chi connectivity index (χ2v) is 2.86. The van der Waals surface area contributed by atoms with Gasteiger partial charge in [-0.15, -0.1) is 0 Å². The molecule has 0 heterocycles. The summed E-state index contributed by atoms with van der Waals surface area (Å²) in [5.74, 6) is -2.46. The van der Waals surface area contributed by atoms with Crippen LogP contribution in [0.3, 0.4) is 0 Å². The Labute approximate surface area is 86.9 Å². The molecule has 15 heavy (non-hydrogen) atoms. The van der Waals surface area contributed by atoms with E-state index in [0.29, 0.717) is 0 Å². The van der Waals surface area contributed by atoms with Gasteiger partial charge < -0.3 is 15.2 Å². The highest BCUT2D eigenvalue weighted by atomic mass is 16.5. The summed E-state index contributed by atoms with van der Waals surface area (Å²) in [6, 6.07) is -0.578. The molecule has 0 aliphatic carbocycles. The second-order valence-electron chi connectivity index (χ2n) is 2.86. The van der Waals surface area contributed by atoms with E-state index in [4.69, 9.17) is 5.11 Å². The topological polar surface area (TPSA) is 92.7 Å². The average Bonchev–Trinajstić information content (AvgIpc) is 2.14. The maximum absolute atomic E-state index is 10.9. The lowest BCUT2D eigenvalue weighted by Gasteiger charge is -2.11. The number of carbonyl (C=O) groups excluding carboxylic acids is 2. The van der Waals surface area contributed by atoms with Crippen molar-refractivity contribution in [3.05, 3.63) is 12.7 Å². The Kier molecular flexibility index (Phi) is 5.77. The number of ketones is 1. The molecule has 0 unspecified atom stereocenters. The van der Waals surface area contributed by atoms with Crippen molar-refractivity contribution in [2.24, 2.45) is 0 Å². The summed E-state index contributed by atoms with van der Waals surface area (Å²) < 4.78 is 4.58. The van der Waals surface area contributed by atoms with E-state index in [-0.39, 0.29) is 13.0 Å². The number of nitrogens with one attached hydrogen (secondary N) is 1. The van der Waals surface area contributed by atoms with E-state index in [1.165, 1.54) is 13.0 Å².